The first kappa shape index (κ1) is 14.5. The van der Waals surface area contributed by atoms with Crippen LogP contribution in [0.15, 0.2) is 17.0 Å². The fraction of sp³-hybridized carbons (Fsp3) is 0. The summed E-state index contributed by atoms with van der Waals surface area (Å²) in [7, 11) is -4.59. The zero-order valence-corrected chi connectivity index (χ0v) is 11.3. The molecule has 0 bridgehead atoms. The van der Waals surface area contributed by atoms with E-state index in [1.54, 1.807) is 0 Å². The molecule has 0 atom stereocenters. The molecule has 0 radical (unpaired) electrons. The number of hydrogen-bond donors (Lipinski definition) is 1. The summed E-state index contributed by atoms with van der Waals surface area (Å²) in [6, 6.07) is 1.68. The Hall–Kier alpha value is 0.510. The minimum atomic E-state index is -4.59. The Morgan fingerprint density at radius 1 is 1.21 bits per heavy atom. The first-order valence-electron chi connectivity index (χ1n) is 2.96. The minimum Gasteiger partial charge on any atom is -0.744 e. The van der Waals surface area contributed by atoms with Crippen LogP contribution in [0.4, 0.5) is 0 Å². The zero-order chi connectivity index (χ0) is 10.2. The maximum absolute atomic E-state index is 10.5. The Morgan fingerprint density at radius 2 is 1.57 bits per heavy atom. The Morgan fingerprint density at radius 3 is 1.86 bits per heavy atom. The summed E-state index contributed by atoms with van der Waals surface area (Å²) >= 11 is 10.8. The van der Waals surface area contributed by atoms with Gasteiger partial charge in [0.05, 0.1) is 14.9 Å². The van der Waals surface area contributed by atoms with Crippen LogP contribution in [0.3, 0.4) is 0 Å². The van der Waals surface area contributed by atoms with Gasteiger partial charge in [-0.1, -0.05) is 23.2 Å². The van der Waals surface area contributed by atoms with Crippen LogP contribution in [0.2, 0.25) is 10.0 Å². The Balaban J connectivity index is 0.00000169. The van der Waals surface area contributed by atoms with E-state index in [1.807, 2.05) is 0 Å². The van der Waals surface area contributed by atoms with E-state index in [2.05, 4.69) is 0 Å². The number of hydrogen-bond acceptors (Lipinski definition) is 4. The summed E-state index contributed by atoms with van der Waals surface area (Å²) in [5.41, 5.74) is 0. The van der Waals surface area contributed by atoms with E-state index < -0.39 is 20.8 Å². The van der Waals surface area contributed by atoms with Crippen molar-refractivity contribution in [3.8, 4) is 5.75 Å². The molecule has 0 fully saturated rings. The summed E-state index contributed by atoms with van der Waals surface area (Å²) in [6.07, 6.45) is 0. The van der Waals surface area contributed by atoms with Gasteiger partial charge in [0.1, 0.15) is 10.1 Å². The van der Waals surface area contributed by atoms with Gasteiger partial charge < -0.3 is 9.66 Å². The summed E-state index contributed by atoms with van der Waals surface area (Å²) in [6.45, 7) is 0. The van der Waals surface area contributed by atoms with Crippen molar-refractivity contribution in [2.24, 2.45) is 0 Å². The molecule has 0 unspecified atom stereocenters. The van der Waals surface area contributed by atoms with Crippen molar-refractivity contribution in [1.82, 2.24) is 0 Å². The average Bonchev–Trinajstić information content (AvgIpc) is 1.97. The quantitative estimate of drug-likeness (QED) is 0.501. The van der Waals surface area contributed by atoms with Crippen molar-refractivity contribution < 1.29 is 47.6 Å². The number of phenols is 1. The third kappa shape index (κ3) is 3.27. The van der Waals surface area contributed by atoms with Crippen LogP contribution in [0, 0.1) is 0 Å². The van der Waals surface area contributed by atoms with Crippen molar-refractivity contribution in [3.05, 3.63) is 22.2 Å². The van der Waals surface area contributed by atoms with Crippen molar-refractivity contribution in [2.75, 3.05) is 0 Å². The molecule has 8 heteroatoms. The second-order valence-electron chi connectivity index (χ2n) is 2.19. The molecule has 0 aromatic heterocycles. The van der Waals surface area contributed by atoms with Gasteiger partial charge in [-0.05, 0) is 12.1 Å². The topological polar surface area (TPSA) is 77.4 Å². The van der Waals surface area contributed by atoms with Gasteiger partial charge in [-0.15, -0.1) is 0 Å². The van der Waals surface area contributed by atoms with Gasteiger partial charge in [0, 0.05) is 0 Å². The van der Waals surface area contributed by atoms with Gasteiger partial charge >= 0.3 is 29.6 Å². The second kappa shape index (κ2) is 5.03. The third-order valence-electron chi connectivity index (χ3n) is 1.28. The largest absolute Gasteiger partial charge is 1.00 e. The molecule has 0 aliphatic rings. The zero-order valence-electron chi connectivity index (χ0n) is 6.99. The second-order valence-corrected chi connectivity index (χ2v) is 4.38. The molecular weight excluding hydrogens is 262 g/mol. The van der Waals surface area contributed by atoms with Crippen molar-refractivity contribution in [2.45, 2.75) is 4.90 Å². The fourth-order valence-corrected chi connectivity index (χ4v) is 1.83. The smallest absolute Gasteiger partial charge is 0.744 e. The first-order chi connectivity index (χ1) is 5.82. The van der Waals surface area contributed by atoms with Crippen LogP contribution in [-0.4, -0.2) is 18.1 Å². The van der Waals surface area contributed by atoms with Gasteiger partial charge in [-0.25, -0.2) is 8.42 Å². The Kier molecular flexibility index (Phi) is 5.21. The normalized spacial score (nSPS) is 10.8. The van der Waals surface area contributed by atoms with Gasteiger partial charge in [0.25, 0.3) is 0 Å². The summed E-state index contributed by atoms with van der Waals surface area (Å²) in [4.78, 5) is -0.569. The molecule has 1 aromatic carbocycles. The van der Waals surface area contributed by atoms with Crippen molar-refractivity contribution in [1.29, 1.82) is 0 Å². The third-order valence-corrected chi connectivity index (χ3v) is 2.67. The fourth-order valence-electron chi connectivity index (χ4n) is 0.687. The van der Waals surface area contributed by atoms with Gasteiger partial charge in [-0.2, -0.15) is 0 Å². The summed E-state index contributed by atoms with van der Waals surface area (Å²) < 4.78 is 31.5. The molecule has 0 aliphatic heterocycles. The maximum atomic E-state index is 10.5. The molecule has 4 nitrogen and oxygen atoms in total. The predicted molar refractivity (Wildman–Crippen MR) is 46.1 cm³/mol. The maximum Gasteiger partial charge on any atom is 1.00 e. The molecule has 1 aromatic rings. The monoisotopic (exact) mass is 264 g/mol. The van der Waals surface area contributed by atoms with E-state index in [1.165, 1.54) is 0 Å². The van der Waals surface area contributed by atoms with Crippen LogP contribution in [-0.2, 0) is 10.1 Å². The van der Waals surface area contributed by atoms with Gasteiger partial charge in [0.2, 0.25) is 0 Å². The average molecular weight is 265 g/mol. The number of rotatable bonds is 1. The van der Waals surface area contributed by atoms with Gasteiger partial charge in [0.15, 0.2) is 5.75 Å². The van der Waals surface area contributed by atoms with E-state index in [0.29, 0.717) is 0 Å². The molecule has 0 saturated heterocycles. The van der Waals surface area contributed by atoms with E-state index in [4.69, 9.17) is 28.3 Å². The van der Waals surface area contributed by atoms with Crippen LogP contribution in [0.5, 0.6) is 5.75 Å². The van der Waals surface area contributed by atoms with Crippen molar-refractivity contribution in [3.63, 3.8) is 0 Å². The van der Waals surface area contributed by atoms with E-state index in [0.717, 1.165) is 12.1 Å². The molecule has 1 rings (SSSR count). The predicted octanol–water partition coefficient (Wildman–Crippen LogP) is -1.39. The Bertz CT molecular complexity index is 422. The van der Waals surface area contributed by atoms with Crippen LogP contribution in [0.1, 0.15) is 0 Å². The standard InChI is InChI=1S/C6H4Cl2O4S.Na/c7-4-1-3(13(10,11)12)2-5(8)6(4)9;/h1-2,9H,(H,10,11,12);/q;+1/p-1. The van der Waals surface area contributed by atoms with Crippen LogP contribution in [0.25, 0.3) is 0 Å². The molecule has 1 N–H and O–H groups in total. The first-order valence-corrected chi connectivity index (χ1v) is 5.12. The number of phenolic OH excluding ortho intramolecular Hbond substituents is 1. The molecule has 0 aliphatic carbocycles. The van der Waals surface area contributed by atoms with Crippen LogP contribution >= 0.6 is 23.2 Å². The Labute approximate surface area is 113 Å². The summed E-state index contributed by atoms with van der Waals surface area (Å²) in [5.74, 6) is -0.448. The molecule has 0 amide bonds. The minimum absolute atomic E-state index is 0. The molecule has 0 heterocycles. The van der Waals surface area contributed by atoms with E-state index in [9.17, 15) is 13.0 Å². The number of halogens is 2. The molecular formula is C6H3Cl2NaO4S. The molecule has 14 heavy (non-hydrogen) atoms. The number of aromatic hydroxyl groups is 1. The molecule has 0 spiro atoms. The van der Waals surface area contributed by atoms with Gasteiger partial charge in [-0.3, -0.25) is 0 Å². The summed E-state index contributed by atoms with van der Waals surface area (Å²) in [5, 5.41) is 8.48. The molecule has 72 valence electrons. The molecule has 0 saturated carbocycles. The SMILES string of the molecule is O=S(=O)([O-])c1cc(Cl)c(O)c(Cl)c1.[Na+]. The van der Waals surface area contributed by atoms with E-state index in [-0.39, 0.29) is 39.6 Å². The van der Waals surface area contributed by atoms with Crippen LogP contribution < -0.4 is 29.6 Å². The van der Waals surface area contributed by atoms with E-state index >= 15 is 0 Å². The number of benzene rings is 1. The van der Waals surface area contributed by atoms with Crippen molar-refractivity contribution >= 4 is 33.3 Å².